The summed E-state index contributed by atoms with van der Waals surface area (Å²) in [6.45, 7) is 2.90. The molecule has 2 aromatic carbocycles. The summed E-state index contributed by atoms with van der Waals surface area (Å²) in [5, 5.41) is 0. The van der Waals surface area contributed by atoms with E-state index in [1.807, 2.05) is 6.07 Å². The van der Waals surface area contributed by atoms with Gasteiger partial charge in [-0.25, -0.2) is 0 Å². The molecule has 0 amide bonds. The van der Waals surface area contributed by atoms with Crippen molar-refractivity contribution in [1.29, 1.82) is 0 Å². The van der Waals surface area contributed by atoms with Crippen molar-refractivity contribution in [3.05, 3.63) is 83.0 Å². The number of aromatic nitrogens is 1. The first-order chi connectivity index (χ1) is 11.7. The van der Waals surface area contributed by atoms with Crippen molar-refractivity contribution in [2.45, 2.75) is 32.7 Å². The normalized spacial score (nSPS) is 13.8. The van der Waals surface area contributed by atoms with E-state index in [-0.39, 0.29) is 5.78 Å². The van der Waals surface area contributed by atoms with E-state index in [1.165, 1.54) is 27.9 Å². The number of aryl methyl sites for hydroxylation is 1. The Morgan fingerprint density at radius 2 is 1.71 bits per heavy atom. The summed E-state index contributed by atoms with van der Waals surface area (Å²) in [5.41, 5.74) is 7.08. The van der Waals surface area contributed by atoms with E-state index in [2.05, 4.69) is 66.2 Å². The molecule has 1 aliphatic carbocycles. The van der Waals surface area contributed by atoms with Crippen molar-refractivity contribution in [3.63, 3.8) is 0 Å². The minimum atomic E-state index is 0.288. The highest BCUT2D eigenvalue weighted by Gasteiger charge is 2.24. The van der Waals surface area contributed by atoms with Crippen LogP contribution in [0.25, 0.3) is 11.3 Å². The zero-order valence-corrected chi connectivity index (χ0v) is 14.0. The average molecular weight is 315 g/mol. The molecule has 2 heteroatoms. The van der Waals surface area contributed by atoms with Crippen molar-refractivity contribution < 1.29 is 4.79 Å². The number of benzene rings is 2. The Morgan fingerprint density at radius 3 is 2.46 bits per heavy atom. The molecule has 3 aromatic rings. The van der Waals surface area contributed by atoms with Gasteiger partial charge < -0.3 is 4.57 Å². The van der Waals surface area contributed by atoms with E-state index in [9.17, 15) is 4.79 Å². The fourth-order valence-corrected chi connectivity index (χ4v) is 3.60. The van der Waals surface area contributed by atoms with E-state index in [4.69, 9.17) is 0 Å². The Morgan fingerprint density at radius 1 is 0.958 bits per heavy atom. The predicted octanol–water partition coefficient (Wildman–Crippen LogP) is 5.03. The number of ketones is 1. The van der Waals surface area contributed by atoms with Gasteiger partial charge in [-0.3, -0.25) is 4.79 Å². The van der Waals surface area contributed by atoms with Crippen LogP contribution in [0.15, 0.2) is 60.8 Å². The average Bonchev–Trinajstić information content (AvgIpc) is 2.97. The lowest BCUT2D eigenvalue weighted by Gasteiger charge is -2.14. The van der Waals surface area contributed by atoms with Gasteiger partial charge >= 0.3 is 0 Å². The second-order valence-corrected chi connectivity index (χ2v) is 6.63. The second kappa shape index (κ2) is 6.12. The fourth-order valence-electron chi connectivity index (χ4n) is 3.60. The SMILES string of the molecule is Cc1ccc(Cn2cc3c(c2-c2ccccc2)CCCC3=O)cc1. The molecule has 24 heavy (non-hydrogen) atoms. The maximum absolute atomic E-state index is 12.4. The Balaban J connectivity index is 1.83. The van der Waals surface area contributed by atoms with Gasteiger partial charge in [0.1, 0.15) is 0 Å². The molecular formula is C22H21NO. The standard InChI is InChI=1S/C22H21NO/c1-16-10-12-17(13-11-16)14-23-15-20-19(8-5-9-21(20)24)22(23)18-6-3-2-4-7-18/h2-4,6-7,10-13,15H,5,8-9,14H2,1H3. The molecule has 2 nitrogen and oxygen atoms in total. The molecule has 0 spiro atoms. The minimum absolute atomic E-state index is 0.288. The van der Waals surface area contributed by atoms with Crippen LogP contribution >= 0.6 is 0 Å². The van der Waals surface area contributed by atoms with Crippen LogP contribution in [0.5, 0.6) is 0 Å². The smallest absolute Gasteiger partial charge is 0.164 e. The highest BCUT2D eigenvalue weighted by molar-refractivity contribution is 6.00. The Labute approximate surface area is 142 Å². The number of Topliss-reactive ketones (excluding diaryl/α,β-unsaturated/α-hetero) is 1. The van der Waals surface area contributed by atoms with Gasteiger partial charge in [-0.2, -0.15) is 0 Å². The Bertz CT molecular complexity index is 872. The zero-order chi connectivity index (χ0) is 16.5. The number of nitrogens with zero attached hydrogens (tertiary/aromatic N) is 1. The van der Waals surface area contributed by atoms with Gasteiger partial charge in [0.2, 0.25) is 0 Å². The van der Waals surface area contributed by atoms with Gasteiger partial charge in [0.15, 0.2) is 5.78 Å². The molecule has 0 aliphatic heterocycles. The zero-order valence-electron chi connectivity index (χ0n) is 14.0. The minimum Gasteiger partial charge on any atom is -0.342 e. The first kappa shape index (κ1) is 14.9. The quantitative estimate of drug-likeness (QED) is 0.664. The van der Waals surface area contributed by atoms with Crippen LogP contribution in [0.2, 0.25) is 0 Å². The van der Waals surface area contributed by atoms with Crippen LogP contribution in [0, 0.1) is 6.92 Å². The number of carbonyl (C=O) groups excluding carboxylic acids is 1. The van der Waals surface area contributed by atoms with Gasteiger partial charge in [0.05, 0.1) is 5.69 Å². The maximum atomic E-state index is 12.4. The summed E-state index contributed by atoms with van der Waals surface area (Å²) in [6, 6.07) is 19.1. The second-order valence-electron chi connectivity index (χ2n) is 6.63. The summed E-state index contributed by atoms with van der Waals surface area (Å²) in [5.74, 6) is 0.288. The van der Waals surface area contributed by atoms with E-state index < -0.39 is 0 Å². The van der Waals surface area contributed by atoms with Crippen LogP contribution in [0.4, 0.5) is 0 Å². The largest absolute Gasteiger partial charge is 0.342 e. The Hall–Kier alpha value is -2.61. The van der Waals surface area contributed by atoms with Crippen molar-refractivity contribution in [2.24, 2.45) is 0 Å². The summed E-state index contributed by atoms with van der Waals surface area (Å²) in [6.07, 6.45) is 4.70. The molecule has 1 heterocycles. The van der Waals surface area contributed by atoms with Gasteiger partial charge in [-0.05, 0) is 36.5 Å². The molecule has 0 atom stereocenters. The fraction of sp³-hybridized carbons (Fsp3) is 0.227. The molecule has 4 rings (SSSR count). The molecule has 120 valence electrons. The number of hydrogen-bond acceptors (Lipinski definition) is 1. The molecule has 0 radical (unpaired) electrons. The summed E-state index contributed by atoms with van der Waals surface area (Å²) >= 11 is 0. The Kier molecular flexibility index (Phi) is 3.81. The molecule has 0 saturated heterocycles. The lowest BCUT2D eigenvalue weighted by molar-refractivity contribution is 0.0973. The molecule has 0 saturated carbocycles. The lowest BCUT2D eigenvalue weighted by Crippen LogP contribution is -2.08. The van der Waals surface area contributed by atoms with E-state index >= 15 is 0 Å². The third-order valence-electron chi connectivity index (χ3n) is 4.83. The number of hydrogen-bond donors (Lipinski definition) is 0. The van der Waals surface area contributed by atoms with Crippen LogP contribution in [0.3, 0.4) is 0 Å². The molecule has 1 aromatic heterocycles. The third kappa shape index (κ3) is 2.69. The molecule has 0 unspecified atom stereocenters. The van der Waals surface area contributed by atoms with Crippen molar-refractivity contribution >= 4 is 5.78 Å². The van der Waals surface area contributed by atoms with E-state index in [1.54, 1.807) is 0 Å². The maximum Gasteiger partial charge on any atom is 0.164 e. The van der Waals surface area contributed by atoms with Crippen LogP contribution in [-0.4, -0.2) is 10.4 Å². The monoisotopic (exact) mass is 315 g/mol. The predicted molar refractivity (Wildman–Crippen MR) is 97.4 cm³/mol. The highest BCUT2D eigenvalue weighted by Crippen LogP contribution is 2.34. The molecule has 0 bridgehead atoms. The van der Waals surface area contributed by atoms with E-state index in [0.717, 1.165) is 24.9 Å². The number of rotatable bonds is 3. The topological polar surface area (TPSA) is 22.0 Å². The highest BCUT2D eigenvalue weighted by atomic mass is 16.1. The van der Waals surface area contributed by atoms with Crippen molar-refractivity contribution in [3.8, 4) is 11.3 Å². The lowest BCUT2D eigenvalue weighted by atomic mass is 9.91. The molecule has 1 aliphatic rings. The molecule has 0 N–H and O–H groups in total. The molecule has 0 fully saturated rings. The van der Waals surface area contributed by atoms with Crippen LogP contribution in [0.1, 0.15) is 39.9 Å². The van der Waals surface area contributed by atoms with Gasteiger partial charge in [0, 0.05) is 24.7 Å². The van der Waals surface area contributed by atoms with Crippen molar-refractivity contribution in [2.75, 3.05) is 0 Å². The first-order valence-electron chi connectivity index (χ1n) is 8.58. The third-order valence-corrected chi connectivity index (χ3v) is 4.83. The summed E-state index contributed by atoms with van der Waals surface area (Å²) < 4.78 is 2.26. The number of carbonyl (C=O) groups is 1. The van der Waals surface area contributed by atoms with E-state index in [0.29, 0.717) is 6.42 Å². The van der Waals surface area contributed by atoms with Crippen LogP contribution < -0.4 is 0 Å². The van der Waals surface area contributed by atoms with Gasteiger partial charge in [-0.15, -0.1) is 0 Å². The van der Waals surface area contributed by atoms with Gasteiger partial charge in [-0.1, -0.05) is 60.2 Å². The summed E-state index contributed by atoms with van der Waals surface area (Å²) in [7, 11) is 0. The van der Waals surface area contributed by atoms with Gasteiger partial charge in [0.25, 0.3) is 0 Å². The number of fused-ring (bicyclic) bond motifs is 1. The first-order valence-corrected chi connectivity index (χ1v) is 8.58. The molecular weight excluding hydrogens is 294 g/mol. The van der Waals surface area contributed by atoms with Crippen LogP contribution in [-0.2, 0) is 13.0 Å². The van der Waals surface area contributed by atoms with Crippen molar-refractivity contribution in [1.82, 2.24) is 4.57 Å². The summed E-state index contributed by atoms with van der Waals surface area (Å²) in [4.78, 5) is 12.4.